The zero-order chi connectivity index (χ0) is 19.8. The number of aromatic amines is 1. The second-order valence-corrected chi connectivity index (χ2v) is 7.44. The number of nitrogens with zero attached hydrogens (tertiary/aromatic N) is 3. The third-order valence-electron chi connectivity index (χ3n) is 4.48. The van der Waals surface area contributed by atoms with Gasteiger partial charge in [0.1, 0.15) is 5.52 Å². The van der Waals surface area contributed by atoms with Gasteiger partial charge >= 0.3 is 0 Å². The predicted octanol–water partition coefficient (Wildman–Crippen LogP) is 4.94. The van der Waals surface area contributed by atoms with Gasteiger partial charge in [-0.1, -0.05) is 18.2 Å². The summed E-state index contributed by atoms with van der Waals surface area (Å²) in [5.74, 6) is 1.16. The molecule has 0 spiro atoms. The summed E-state index contributed by atoms with van der Waals surface area (Å²) in [5, 5.41) is 9.29. The molecule has 5 rings (SSSR count). The molecule has 1 amide bonds. The van der Waals surface area contributed by atoms with Gasteiger partial charge in [0.15, 0.2) is 17.3 Å². The Balaban J connectivity index is 1.55. The molecule has 5 aromatic rings. The van der Waals surface area contributed by atoms with Gasteiger partial charge in [-0.3, -0.25) is 4.79 Å². The van der Waals surface area contributed by atoms with Gasteiger partial charge in [-0.05, 0) is 30.3 Å². The number of hydrogen-bond donors (Lipinski definition) is 3. The van der Waals surface area contributed by atoms with E-state index in [2.05, 4.69) is 43.1 Å². The summed E-state index contributed by atoms with van der Waals surface area (Å²) in [4.78, 5) is 28.0. The number of carbonyl (C=O) groups excluding carboxylic acids is 1. The van der Waals surface area contributed by atoms with Crippen LogP contribution in [0.4, 0.5) is 17.2 Å². The summed E-state index contributed by atoms with van der Waals surface area (Å²) in [7, 11) is 0. The number of H-pyrrole nitrogens is 1. The molecule has 0 saturated heterocycles. The summed E-state index contributed by atoms with van der Waals surface area (Å²) in [5.41, 5.74) is 3.90. The van der Waals surface area contributed by atoms with Crippen LogP contribution in [0.5, 0.6) is 0 Å². The second-order valence-electron chi connectivity index (χ2n) is 6.53. The Bertz CT molecular complexity index is 1340. The van der Waals surface area contributed by atoms with Crippen molar-refractivity contribution in [3.63, 3.8) is 0 Å². The molecule has 2 aromatic carbocycles. The number of nitrogens with one attached hydrogen (secondary N) is 3. The van der Waals surface area contributed by atoms with Crippen molar-refractivity contribution in [2.24, 2.45) is 0 Å². The van der Waals surface area contributed by atoms with E-state index in [9.17, 15) is 4.79 Å². The summed E-state index contributed by atoms with van der Waals surface area (Å²) >= 11 is 1.67. The molecule has 0 fully saturated rings. The Hall–Kier alpha value is -3.78. The molecule has 3 N–H and O–H groups in total. The second kappa shape index (κ2) is 6.99. The van der Waals surface area contributed by atoms with Gasteiger partial charge in [-0.2, -0.15) is 0 Å². The van der Waals surface area contributed by atoms with E-state index in [1.54, 1.807) is 17.7 Å². The van der Waals surface area contributed by atoms with Crippen molar-refractivity contribution < 1.29 is 4.79 Å². The largest absolute Gasteiger partial charge is 0.340 e. The van der Waals surface area contributed by atoms with E-state index in [0.29, 0.717) is 17.3 Å². The van der Waals surface area contributed by atoms with Crippen LogP contribution in [-0.2, 0) is 4.79 Å². The van der Waals surface area contributed by atoms with Gasteiger partial charge in [-0.25, -0.2) is 15.0 Å². The molecule has 7 nitrogen and oxygen atoms in total. The van der Waals surface area contributed by atoms with E-state index in [0.717, 1.165) is 27.8 Å². The number of rotatable bonds is 4. The van der Waals surface area contributed by atoms with Crippen LogP contribution in [0.15, 0.2) is 60.2 Å². The highest BCUT2D eigenvalue weighted by atomic mass is 32.1. The number of imidazole rings is 1. The minimum atomic E-state index is -0.103. The van der Waals surface area contributed by atoms with E-state index in [4.69, 9.17) is 4.98 Å². The predicted molar refractivity (Wildman–Crippen MR) is 117 cm³/mol. The zero-order valence-electron chi connectivity index (χ0n) is 15.4. The zero-order valence-corrected chi connectivity index (χ0v) is 16.2. The Labute approximate surface area is 169 Å². The molecule has 3 heterocycles. The normalized spacial score (nSPS) is 11.1. The maximum atomic E-state index is 11.2. The molecule has 0 aliphatic carbocycles. The van der Waals surface area contributed by atoms with Crippen LogP contribution < -0.4 is 10.6 Å². The first-order chi connectivity index (χ1) is 14.2. The Morgan fingerprint density at radius 3 is 2.66 bits per heavy atom. The third-order valence-corrected chi connectivity index (χ3v) is 5.44. The van der Waals surface area contributed by atoms with E-state index in [-0.39, 0.29) is 5.91 Å². The molecule has 0 saturated carbocycles. The molecule has 0 atom stereocenters. The smallest absolute Gasteiger partial charge is 0.221 e. The fourth-order valence-electron chi connectivity index (χ4n) is 3.17. The molecule has 3 aromatic heterocycles. The average molecular weight is 400 g/mol. The standard InChI is InChI=1S/C21H16N6OS/c1-12(28)24-13-6-8-14(9-7-13)25-21-18-20(23-11-22-18)26-19(27-21)16-10-29-17-5-3-2-4-15(16)17/h2-11H,1H3,(H,24,28)(H2,22,23,25,26,27). The van der Waals surface area contributed by atoms with Crippen molar-refractivity contribution in [2.45, 2.75) is 6.92 Å². The summed E-state index contributed by atoms with van der Waals surface area (Å²) < 4.78 is 1.19. The molecule has 0 bridgehead atoms. The number of aromatic nitrogens is 4. The maximum absolute atomic E-state index is 11.2. The number of carbonyl (C=O) groups is 1. The lowest BCUT2D eigenvalue weighted by molar-refractivity contribution is -0.114. The molecular formula is C21H16N6OS. The van der Waals surface area contributed by atoms with Crippen LogP contribution in [0.2, 0.25) is 0 Å². The summed E-state index contributed by atoms with van der Waals surface area (Å²) in [6.07, 6.45) is 1.61. The highest BCUT2D eigenvalue weighted by molar-refractivity contribution is 7.17. The number of benzene rings is 2. The lowest BCUT2D eigenvalue weighted by Crippen LogP contribution is -2.05. The maximum Gasteiger partial charge on any atom is 0.221 e. The number of fused-ring (bicyclic) bond motifs is 2. The monoisotopic (exact) mass is 400 g/mol. The van der Waals surface area contributed by atoms with Crippen molar-refractivity contribution >= 4 is 55.7 Å². The van der Waals surface area contributed by atoms with Crippen LogP contribution in [0.3, 0.4) is 0 Å². The van der Waals surface area contributed by atoms with E-state index in [1.165, 1.54) is 11.6 Å². The Morgan fingerprint density at radius 1 is 1.03 bits per heavy atom. The number of amides is 1. The van der Waals surface area contributed by atoms with Gasteiger partial charge in [0, 0.05) is 39.3 Å². The fourth-order valence-corrected chi connectivity index (χ4v) is 4.11. The van der Waals surface area contributed by atoms with Crippen LogP contribution in [-0.4, -0.2) is 25.8 Å². The highest BCUT2D eigenvalue weighted by Crippen LogP contribution is 2.34. The van der Waals surface area contributed by atoms with E-state index >= 15 is 0 Å². The lowest BCUT2D eigenvalue weighted by atomic mass is 10.1. The quantitative estimate of drug-likeness (QED) is 0.397. The first-order valence-corrected chi connectivity index (χ1v) is 9.88. The van der Waals surface area contributed by atoms with Crippen molar-refractivity contribution in [2.75, 3.05) is 10.6 Å². The minimum Gasteiger partial charge on any atom is -0.340 e. The Morgan fingerprint density at radius 2 is 1.83 bits per heavy atom. The van der Waals surface area contributed by atoms with Crippen LogP contribution in [0.25, 0.3) is 32.6 Å². The molecule has 8 heteroatoms. The van der Waals surface area contributed by atoms with Gasteiger partial charge in [0.2, 0.25) is 5.91 Å². The summed E-state index contributed by atoms with van der Waals surface area (Å²) in [6, 6.07) is 15.6. The molecule has 0 unspecified atom stereocenters. The van der Waals surface area contributed by atoms with Crippen LogP contribution in [0.1, 0.15) is 6.92 Å². The number of thiophene rings is 1. The first kappa shape index (κ1) is 17.3. The molecular weight excluding hydrogens is 384 g/mol. The van der Waals surface area contributed by atoms with Crippen molar-refractivity contribution in [3.8, 4) is 11.4 Å². The van der Waals surface area contributed by atoms with Gasteiger partial charge in [-0.15, -0.1) is 11.3 Å². The van der Waals surface area contributed by atoms with Crippen LogP contribution >= 0.6 is 11.3 Å². The van der Waals surface area contributed by atoms with Gasteiger partial charge < -0.3 is 15.6 Å². The van der Waals surface area contributed by atoms with Gasteiger partial charge in [0.05, 0.1) is 6.33 Å². The van der Waals surface area contributed by atoms with Crippen molar-refractivity contribution in [3.05, 3.63) is 60.2 Å². The molecule has 29 heavy (non-hydrogen) atoms. The average Bonchev–Trinajstić information content (AvgIpc) is 3.36. The molecule has 0 aliphatic rings. The van der Waals surface area contributed by atoms with E-state index in [1.807, 2.05) is 36.4 Å². The SMILES string of the molecule is CC(=O)Nc1ccc(Nc2nc(-c3csc4ccccc34)nc3nc[nH]c23)cc1. The molecule has 142 valence electrons. The van der Waals surface area contributed by atoms with Crippen LogP contribution in [0, 0.1) is 0 Å². The topological polar surface area (TPSA) is 95.6 Å². The number of anilines is 3. The van der Waals surface area contributed by atoms with Crippen molar-refractivity contribution in [1.82, 2.24) is 19.9 Å². The Kier molecular flexibility index (Phi) is 4.18. The first-order valence-electron chi connectivity index (χ1n) is 9.00. The van der Waals surface area contributed by atoms with Gasteiger partial charge in [0.25, 0.3) is 0 Å². The molecule has 0 radical (unpaired) electrons. The minimum absolute atomic E-state index is 0.103. The highest BCUT2D eigenvalue weighted by Gasteiger charge is 2.15. The third kappa shape index (κ3) is 3.30. The number of hydrogen-bond acceptors (Lipinski definition) is 6. The lowest BCUT2D eigenvalue weighted by Gasteiger charge is -2.09. The fraction of sp³-hybridized carbons (Fsp3) is 0.0476. The van der Waals surface area contributed by atoms with E-state index < -0.39 is 0 Å². The summed E-state index contributed by atoms with van der Waals surface area (Å²) in [6.45, 7) is 1.48. The van der Waals surface area contributed by atoms with Crippen molar-refractivity contribution in [1.29, 1.82) is 0 Å². The molecule has 0 aliphatic heterocycles.